The number of piperazine rings is 1. The van der Waals surface area contributed by atoms with Gasteiger partial charge in [0.2, 0.25) is 0 Å². The molecule has 2 atom stereocenters. The largest absolute Gasteiger partial charge is 0.504 e. The Bertz CT molecular complexity index is 1000. The van der Waals surface area contributed by atoms with Crippen LogP contribution in [0.15, 0.2) is 29.2 Å². The summed E-state index contributed by atoms with van der Waals surface area (Å²) >= 11 is 0. The molecule has 26 heavy (non-hydrogen) atoms. The van der Waals surface area contributed by atoms with Gasteiger partial charge in [0.15, 0.2) is 21.2 Å². The summed E-state index contributed by atoms with van der Waals surface area (Å²) in [6.45, 7) is 4.80. The minimum atomic E-state index is -3.06. The van der Waals surface area contributed by atoms with Gasteiger partial charge < -0.3 is 5.11 Å². The Morgan fingerprint density at radius 3 is 2.65 bits per heavy atom. The Morgan fingerprint density at radius 2 is 1.92 bits per heavy atom. The molecule has 2 aliphatic heterocycles. The third-order valence-electron chi connectivity index (χ3n) is 5.40. The first-order valence-corrected chi connectivity index (χ1v) is 10.6. The molecule has 0 aliphatic carbocycles. The summed E-state index contributed by atoms with van der Waals surface area (Å²) in [6.07, 6.45) is 1.56. The van der Waals surface area contributed by atoms with Gasteiger partial charge in [-0.25, -0.2) is 13.4 Å². The van der Waals surface area contributed by atoms with E-state index in [2.05, 4.69) is 14.8 Å². The summed E-state index contributed by atoms with van der Waals surface area (Å²) in [4.78, 5) is 21.1. The van der Waals surface area contributed by atoms with Crippen molar-refractivity contribution in [2.45, 2.75) is 25.6 Å². The maximum atomic E-state index is 12.3. The van der Waals surface area contributed by atoms with Crippen molar-refractivity contribution < 1.29 is 13.5 Å². The van der Waals surface area contributed by atoms with Crippen molar-refractivity contribution in [3.63, 3.8) is 0 Å². The van der Waals surface area contributed by atoms with E-state index in [1.54, 1.807) is 12.3 Å². The normalized spacial score (nSPS) is 26.2. The highest BCUT2D eigenvalue weighted by molar-refractivity contribution is 7.91. The number of fused-ring (bicyclic) bond motifs is 2. The summed E-state index contributed by atoms with van der Waals surface area (Å²) < 4.78 is 25.7. The standard InChI is InChI=1S/C17H22N4O4S/c1-2-19-6-7-20(14-11-26(24,25)10-13(14)19)9-12-8-16(23)21-5-3-4-15(22)17(21)18-12/h3-5,8,13-14,22H,2,6-7,9-11H2,1H3/t13-,14+/m1/s1. The van der Waals surface area contributed by atoms with Crippen molar-refractivity contribution in [2.24, 2.45) is 0 Å². The number of sulfone groups is 1. The van der Waals surface area contributed by atoms with Crippen molar-refractivity contribution in [3.05, 3.63) is 40.4 Å². The second-order valence-corrected chi connectivity index (χ2v) is 9.14. The number of aromatic hydroxyl groups is 1. The minimum absolute atomic E-state index is 0.00583. The Labute approximate surface area is 151 Å². The molecule has 4 heterocycles. The van der Waals surface area contributed by atoms with Gasteiger partial charge in [0.1, 0.15) is 0 Å². The highest BCUT2D eigenvalue weighted by atomic mass is 32.2. The fourth-order valence-corrected chi connectivity index (χ4v) is 6.18. The summed E-state index contributed by atoms with van der Waals surface area (Å²) in [5, 5.41) is 9.99. The van der Waals surface area contributed by atoms with Gasteiger partial charge in [-0.15, -0.1) is 0 Å². The van der Waals surface area contributed by atoms with Crippen molar-refractivity contribution in [3.8, 4) is 5.75 Å². The molecule has 0 aromatic carbocycles. The summed E-state index contributed by atoms with van der Waals surface area (Å²) in [7, 11) is -3.06. The molecule has 2 aliphatic rings. The van der Waals surface area contributed by atoms with Crippen LogP contribution in [0, 0.1) is 0 Å². The molecular weight excluding hydrogens is 356 g/mol. The zero-order valence-electron chi connectivity index (χ0n) is 14.6. The van der Waals surface area contributed by atoms with E-state index in [1.165, 1.54) is 16.5 Å². The average Bonchev–Trinajstić information content (AvgIpc) is 2.92. The van der Waals surface area contributed by atoms with Gasteiger partial charge in [0.05, 0.1) is 17.2 Å². The highest BCUT2D eigenvalue weighted by Crippen LogP contribution is 2.27. The number of likely N-dealkylation sites (N-methyl/N-ethyl adjacent to an activating group) is 1. The van der Waals surface area contributed by atoms with E-state index < -0.39 is 9.84 Å². The van der Waals surface area contributed by atoms with Gasteiger partial charge >= 0.3 is 0 Å². The lowest BCUT2D eigenvalue weighted by atomic mass is 10.0. The van der Waals surface area contributed by atoms with Crippen LogP contribution in [0.3, 0.4) is 0 Å². The van der Waals surface area contributed by atoms with Crippen LogP contribution in [0.5, 0.6) is 5.75 Å². The van der Waals surface area contributed by atoms with E-state index in [0.717, 1.165) is 19.6 Å². The lowest BCUT2D eigenvalue weighted by Gasteiger charge is -2.43. The number of rotatable bonds is 3. The van der Waals surface area contributed by atoms with Crippen LogP contribution in [-0.2, 0) is 16.4 Å². The second kappa shape index (κ2) is 6.33. The molecule has 9 heteroatoms. The van der Waals surface area contributed by atoms with E-state index in [9.17, 15) is 18.3 Å². The molecule has 0 amide bonds. The number of hydrogen-bond acceptors (Lipinski definition) is 7. The summed E-state index contributed by atoms with van der Waals surface area (Å²) in [5.74, 6) is 0.284. The zero-order valence-corrected chi connectivity index (χ0v) is 15.4. The third-order valence-corrected chi connectivity index (χ3v) is 7.10. The lowest BCUT2D eigenvalue weighted by molar-refractivity contribution is 0.0431. The smallest absolute Gasteiger partial charge is 0.258 e. The number of pyridine rings is 1. The molecule has 2 saturated heterocycles. The molecule has 0 saturated carbocycles. The van der Waals surface area contributed by atoms with E-state index in [1.807, 2.05) is 6.92 Å². The second-order valence-electron chi connectivity index (χ2n) is 6.98. The molecule has 1 N–H and O–H groups in total. The molecule has 8 nitrogen and oxygen atoms in total. The highest BCUT2D eigenvalue weighted by Gasteiger charge is 2.46. The summed E-state index contributed by atoms with van der Waals surface area (Å²) in [5.41, 5.74) is 0.506. The molecule has 4 rings (SSSR count). The Kier molecular flexibility index (Phi) is 4.25. The Hall–Kier alpha value is -1.97. The van der Waals surface area contributed by atoms with Gasteiger partial charge in [-0.3, -0.25) is 19.0 Å². The van der Waals surface area contributed by atoms with Crippen LogP contribution >= 0.6 is 0 Å². The number of hydrogen-bond donors (Lipinski definition) is 1. The van der Waals surface area contributed by atoms with Crippen molar-refractivity contribution in [1.29, 1.82) is 0 Å². The predicted molar refractivity (Wildman–Crippen MR) is 97.0 cm³/mol. The van der Waals surface area contributed by atoms with Crippen LogP contribution in [0.2, 0.25) is 0 Å². The Balaban J connectivity index is 1.66. The number of aromatic nitrogens is 2. The maximum absolute atomic E-state index is 12.3. The van der Waals surface area contributed by atoms with Crippen molar-refractivity contribution in [2.75, 3.05) is 31.1 Å². The van der Waals surface area contributed by atoms with E-state index in [4.69, 9.17) is 0 Å². The topological polar surface area (TPSA) is 95.2 Å². The molecule has 0 unspecified atom stereocenters. The quantitative estimate of drug-likeness (QED) is 0.784. The first-order chi connectivity index (χ1) is 12.4. The SMILES string of the molecule is CCN1CCN(Cc2cc(=O)n3cccc(O)c3n2)[C@H]2CS(=O)(=O)C[C@H]21. The lowest BCUT2D eigenvalue weighted by Crippen LogP contribution is -2.58. The van der Waals surface area contributed by atoms with Crippen molar-refractivity contribution in [1.82, 2.24) is 19.2 Å². The van der Waals surface area contributed by atoms with Gasteiger partial charge in [0, 0.05) is 44.0 Å². The molecule has 140 valence electrons. The first-order valence-electron chi connectivity index (χ1n) is 8.77. The van der Waals surface area contributed by atoms with Gasteiger partial charge in [-0.1, -0.05) is 6.92 Å². The molecular formula is C17H22N4O4S. The summed E-state index contributed by atoms with van der Waals surface area (Å²) in [6, 6.07) is 4.44. The molecule has 0 bridgehead atoms. The van der Waals surface area contributed by atoms with Gasteiger partial charge in [0.25, 0.3) is 5.56 Å². The van der Waals surface area contributed by atoms with Gasteiger partial charge in [-0.2, -0.15) is 0 Å². The molecule has 2 aromatic rings. The number of nitrogens with zero attached hydrogens (tertiary/aromatic N) is 4. The van der Waals surface area contributed by atoms with Gasteiger partial charge in [-0.05, 0) is 18.7 Å². The fraction of sp³-hybridized carbons (Fsp3) is 0.529. The van der Waals surface area contributed by atoms with Crippen LogP contribution < -0.4 is 5.56 Å². The maximum Gasteiger partial charge on any atom is 0.258 e. The molecule has 0 radical (unpaired) electrons. The predicted octanol–water partition coefficient (Wildman–Crippen LogP) is -0.297. The van der Waals surface area contributed by atoms with E-state index in [0.29, 0.717) is 12.2 Å². The third kappa shape index (κ3) is 3.00. The monoisotopic (exact) mass is 378 g/mol. The zero-order chi connectivity index (χ0) is 18.5. The van der Waals surface area contributed by atoms with Crippen LogP contribution in [0.25, 0.3) is 5.65 Å². The molecule has 0 spiro atoms. The van der Waals surface area contributed by atoms with Crippen LogP contribution in [0.1, 0.15) is 12.6 Å². The van der Waals surface area contributed by atoms with Crippen LogP contribution in [-0.4, -0.2) is 75.9 Å². The van der Waals surface area contributed by atoms with E-state index in [-0.39, 0.29) is 40.5 Å². The Morgan fingerprint density at radius 1 is 1.23 bits per heavy atom. The van der Waals surface area contributed by atoms with Crippen molar-refractivity contribution >= 4 is 15.5 Å². The minimum Gasteiger partial charge on any atom is -0.504 e. The molecule has 2 fully saturated rings. The van der Waals surface area contributed by atoms with E-state index >= 15 is 0 Å². The fourth-order valence-electron chi connectivity index (χ4n) is 4.13. The van der Waals surface area contributed by atoms with Crippen LogP contribution in [0.4, 0.5) is 0 Å². The first kappa shape index (κ1) is 17.4. The molecule has 2 aromatic heterocycles. The average molecular weight is 378 g/mol.